The Balaban J connectivity index is 0.000000361. The third kappa shape index (κ3) is 34.1. The van der Waals surface area contributed by atoms with Crippen molar-refractivity contribution >= 4 is 118 Å². The molecular formula is C61H72B8F2O20S. The second-order valence-electron chi connectivity index (χ2n) is 20.2. The fourth-order valence-corrected chi connectivity index (χ4v) is 7.37. The average Bonchev–Trinajstić information content (AvgIpc) is 2.54. The summed E-state index contributed by atoms with van der Waals surface area (Å²) in [4.78, 5) is 10.2. The number of carbonyl (C=O) groups excluding carboxylic acids is 1. The number of ether oxygens (including phenoxy) is 3. The average molecular weight is 1280 g/mol. The Labute approximate surface area is 540 Å². The second kappa shape index (κ2) is 42.4. The maximum Gasteiger partial charge on any atom is 0.499 e. The van der Waals surface area contributed by atoms with Gasteiger partial charge in [0, 0.05) is 17.3 Å². The Morgan fingerprint density at radius 2 is 0.728 bits per heavy atom. The Hall–Kier alpha value is -7.73. The zero-order valence-electron chi connectivity index (χ0n) is 51.0. The summed E-state index contributed by atoms with van der Waals surface area (Å²) in [5.41, 5.74) is 5.91. The standard InChI is InChI=1S/C12H11BO3.C10H15BO2.C8H9BF2O3.C7H9BO3.C7H7BO3.C7H9BO2.C6H7BO2.C4H5BO2S/c14-13(15)10-6-8-12(9-7-10)16-11-4-2-1-3-5-11;1-10(2,3)8-4-6-9(7-5-8)11(12)13;1-8(10,11)14-7-4-2-6(3-5-7)9(12)13;1-11-7-4-2-6(3-5-7)8(9)10;9-5-6-2-1-3-7(4-6)8(10)11;1-6-2-4-7(5-3-6)8(9)10;8-7(9)6-4-2-1-3-5-6;6-5(7)4-2-1-3-8-4/h1-9,14-15H;4-7,12-13H,1-3H3;2-5,12-13H,1H3;2-5,9-10H,1H3;1-5,10-11H;2-5,9-10H,1H3;1-5,8-9H;1-3,6-7H. The van der Waals surface area contributed by atoms with Gasteiger partial charge in [-0.1, -0.05) is 196 Å². The van der Waals surface area contributed by atoms with Crippen LogP contribution in [0.15, 0.2) is 224 Å². The quantitative estimate of drug-likeness (QED) is 0.0468. The highest BCUT2D eigenvalue weighted by Gasteiger charge is 2.23. The number of hydrogen-bond acceptors (Lipinski definition) is 21. The first-order chi connectivity index (χ1) is 43.3. The lowest BCUT2D eigenvalue weighted by Crippen LogP contribution is -2.29. The number of halogens is 2. The minimum atomic E-state index is -3.24. The molecule has 1 aromatic heterocycles. The number of para-hydroxylation sites is 1. The first kappa shape index (κ1) is 80.4. The lowest BCUT2D eigenvalue weighted by atomic mass is 9.78. The van der Waals surface area contributed by atoms with Crippen LogP contribution in [-0.2, 0) is 5.41 Å². The van der Waals surface area contributed by atoms with E-state index in [2.05, 4.69) is 25.5 Å². The summed E-state index contributed by atoms with van der Waals surface area (Å²) < 4.78 is 40.0. The number of hydrogen-bond donors (Lipinski definition) is 16. The minimum absolute atomic E-state index is 0.0260. The Bertz CT molecular complexity index is 3360. The molecule has 480 valence electrons. The van der Waals surface area contributed by atoms with Gasteiger partial charge in [0.1, 0.15) is 29.3 Å². The zero-order valence-corrected chi connectivity index (χ0v) is 51.8. The van der Waals surface area contributed by atoms with E-state index in [1.807, 2.05) is 67.6 Å². The highest BCUT2D eigenvalue weighted by Crippen LogP contribution is 2.22. The first-order valence-corrected chi connectivity index (χ1v) is 28.5. The third-order valence-electron chi connectivity index (χ3n) is 11.7. The minimum Gasteiger partial charge on any atom is -0.497 e. The van der Waals surface area contributed by atoms with Crippen LogP contribution < -0.4 is 57.2 Å². The molecule has 9 aromatic rings. The van der Waals surface area contributed by atoms with Crippen LogP contribution in [0, 0.1) is 6.92 Å². The van der Waals surface area contributed by atoms with E-state index in [-0.39, 0.29) is 16.6 Å². The lowest BCUT2D eigenvalue weighted by molar-refractivity contribution is -0.158. The van der Waals surface area contributed by atoms with Gasteiger partial charge in [-0.25, -0.2) is 0 Å². The van der Waals surface area contributed by atoms with Crippen molar-refractivity contribution in [3.8, 4) is 23.0 Å². The summed E-state index contributed by atoms with van der Waals surface area (Å²) in [6.45, 7) is 8.95. The SMILES string of the molecule is CC(C)(C)c1ccc(B(O)O)cc1.CC(F)(F)Oc1ccc(B(O)O)cc1.COc1ccc(B(O)O)cc1.Cc1ccc(B(O)O)cc1.O=Cc1cccc(B(O)O)c1.OB(O)c1ccc(Oc2ccccc2)cc1.OB(O)c1ccccc1.OB(O)c1cccs1. The van der Waals surface area contributed by atoms with Crippen LogP contribution in [0.25, 0.3) is 0 Å². The molecule has 0 atom stereocenters. The van der Waals surface area contributed by atoms with Gasteiger partial charge in [-0.05, 0) is 110 Å². The van der Waals surface area contributed by atoms with Gasteiger partial charge in [0.15, 0.2) is 0 Å². The Kier molecular flexibility index (Phi) is 37.1. The van der Waals surface area contributed by atoms with Gasteiger partial charge >= 0.3 is 63.1 Å². The Morgan fingerprint density at radius 3 is 1.05 bits per heavy atom. The van der Waals surface area contributed by atoms with E-state index in [9.17, 15) is 13.6 Å². The molecule has 0 aliphatic carbocycles. The van der Waals surface area contributed by atoms with Gasteiger partial charge in [0.2, 0.25) is 0 Å². The number of rotatable bonds is 14. The van der Waals surface area contributed by atoms with Crippen molar-refractivity contribution in [2.45, 2.75) is 46.1 Å². The van der Waals surface area contributed by atoms with E-state index >= 15 is 0 Å². The molecule has 16 N–H and O–H groups in total. The molecular weight excluding hydrogens is 1210 g/mol. The summed E-state index contributed by atoms with van der Waals surface area (Å²) in [5.74, 6) is 2.09. The smallest absolute Gasteiger partial charge is 0.497 e. The van der Waals surface area contributed by atoms with Crippen molar-refractivity contribution in [3.05, 3.63) is 240 Å². The monoisotopic (exact) mass is 1280 g/mol. The third-order valence-corrected chi connectivity index (χ3v) is 12.6. The van der Waals surface area contributed by atoms with Crippen molar-refractivity contribution in [3.63, 3.8) is 0 Å². The number of methoxy groups -OCH3 is 1. The molecule has 0 amide bonds. The molecule has 0 saturated carbocycles. The fourth-order valence-electron chi connectivity index (χ4n) is 6.77. The largest absolute Gasteiger partial charge is 0.499 e. The molecule has 0 radical (unpaired) electrons. The highest BCUT2D eigenvalue weighted by molar-refractivity contribution is 7.20. The molecule has 0 bridgehead atoms. The maximum atomic E-state index is 12.3. The van der Waals surface area contributed by atoms with Crippen molar-refractivity contribution in [2.24, 2.45) is 0 Å². The molecule has 0 aliphatic rings. The number of carbonyl (C=O) groups is 1. The molecule has 0 spiro atoms. The molecule has 8 aromatic carbocycles. The number of thiophene rings is 1. The summed E-state index contributed by atoms with van der Waals surface area (Å²) in [7, 11) is -9.74. The summed E-state index contributed by atoms with van der Waals surface area (Å²) >= 11 is 1.33. The van der Waals surface area contributed by atoms with E-state index in [4.69, 9.17) is 89.9 Å². The van der Waals surface area contributed by atoms with Gasteiger partial charge < -0.3 is 94.6 Å². The van der Waals surface area contributed by atoms with Crippen LogP contribution in [0.4, 0.5) is 8.78 Å². The van der Waals surface area contributed by atoms with Crippen molar-refractivity contribution < 1.29 is 108 Å². The van der Waals surface area contributed by atoms with E-state index in [1.165, 1.54) is 53.3 Å². The normalized spacial score (nSPS) is 10.0. The predicted octanol–water partition coefficient (Wildman–Crippen LogP) is -0.796. The number of aryl methyl sites for hydroxylation is 1. The van der Waals surface area contributed by atoms with Gasteiger partial charge in [-0.3, -0.25) is 4.79 Å². The van der Waals surface area contributed by atoms with Crippen molar-refractivity contribution in [2.75, 3.05) is 7.11 Å². The number of benzene rings is 8. The second-order valence-corrected chi connectivity index (χ2v) is 21.2. The Morgan fingerprint density at radius 1 is 0.380 bits per heavy atom. The summed E-state index contributed by atoms with van der Waals surface area (Å²) in [6, 6.07) is 60.3. The van der Waals surface area contributed by atoms with Crippen LogP contribution in [0.3, 0.4) is 0 Å². The number of alkyl halides is 2. The molecule has 20 nitrogen and oxygen atoms in total. The van der Waals surface area contributed by atoms with Crippen LogP contribution in [-0.4, -0.2) is 157 Å². The molecule has 0 fully saturated rings. The number of aldehydes is 1. The molecule has 0 saturated heterocycles. The molecule has 0 aliphatic heterocycles. The van der Waals surface area contributed by atoms with Crippen LogP contribution in [0.2, 0.25) is 0 Å². The van der Waals surface area contributed by atoms with Crippen LogP contribution in [0.5, 0.6) is 23.0 Å². The zero-order chi connectivity index (χ0) is 69.0. The van der Waals surface area contributed by atoms with Gasteiger partial charge in [0.05, 0.1) is 7.11 Å². The van der Waals surface area contributed by atoms with E-state index in [1.54, 1.807) is 134 Å². The maximum absolute atomic E-state index is 12.3. The molecule has 1 heterocycles. The topological polar surface area (TPSA) is 368 Å². The van der Waals surface area contributed by atoms with Gasteiger partial charge in [-0.15, -0.1) is 0 Å². The van der Waals surface area contributed by atoms with Gasteiger partial charge in [-0.2, -0.15) is 20.1 Å². The highest BCUT2D eigenvalue weighted by atomic mass is 32.1. The van der Waals surface area contributed by atoms with Crippen molar-refractivity contribution in [1.82, 2.24) is 0 Å². The van der Waals surface area contributed by atoms with E-state index in [0.29, 0.717) is 67.8 Å². The van der Waals surface area contributed by atoms with E-state index < -0.39 is 63.1 Å². The summed E-state index contributed by atoms with van der Waals surface area (Å²) in [5, 5.41) is 141. The molecule has 31 heteroatoms. The predicted molar refractivity (Wildman–Crippen MR) is 361 cm³/mol. The van der Waals surface area contributed by atoms with E-state index in [0.717, 1.165) is 11.3 Å². The van der Waals surface area contributed by atoms with Crippen LogP contribution >= 0.6 is 11.3 Å². The fraction of sp³-hybridized carbons (Fsp3) is 0.131. The molecule has 92 heavy (non-hydrogen) atoms. The lowest BCUT2D eigenvalue weighted by Gasteiger charge is -2.19. The summed E-state index contributed by atoms with van der Waals surface area (Å²) in [6.07, 6.45) is -2.58. The first-order valence-electron chi connectivity index (χ1n) is 27.7. The molecule has 0 unspecified atom stereocenters. The van der Waals surface area contributed by atoms with Crippen LogP contribution in [0.1, 0.15) is 49.2 Å². The van der Waals surface area contributed by atoms with Crippen molar-refractivity contribution in [1.29, 1.82) is 0 Å². The van der Waals surface area contributed by atoms with Gasteiger partial charge in [0.25, 0.3) is 0 Å². The molecule has 9 rings (SSSR count).